The van der Waals surface area contributed by atoms with Gasteiger partial charge in [0.25, 0.3) is 0 Å². The summed E-state index contributed by atoms with van der Waals surface area (Å²) < 4.78 is 5.12. The molecule has 8 rings (SSSR count). The second-order valence-electron chi connectivity index (χ2n) is 22.1. The van der Waals surface area contributed by atoms with E-state index in [1.807, 2.05) is 0 Å². The van der Waals surface area contributed by atoms with Gasteiger partial charge in [-0.05, 0) is 108 Å². The summed E-state index contributed by atoms with van der Waals surface area (Å²) in [5.41, 5.74) is 16.5. The van der Waals surface area contributed by atoms with Crippen LogP contribution in [-0.2, 0) is 27.1 Å². The van der Waals surface area contributed by atoms with Crippen molar-refractivity contribution < 1.29 is 0 Å². The van der Waals surface area contributed by atoms with Crippen molar-refractivity contribution in [2.45, 2.75) is 131 Å². The van der Waals surface area contributed by atoms with E-state index in [1.54, 1.807) is 0 Å². The summed E-state index contributed by atoms with van der Waals surface area (Å²) in [7, 11) is 0. The van der Waals surface area contributed by atoms with Crippen molar-refractivity contribution in [3.63, 3.8) is 0 Å². The van der Waals surface area contributed by atoms with Gasteiger partial charge in [0.15, 0.2) is 0 Å². The van der Waals surface area contributed by atoms with Crippen LogP contribution in [0.1, 0.15) is 132 Å². The first kappa shape index (κ1) is 39.7. The number of aromatic nitrogens is 2. The van der Waals surface area contributed by atoms with E-state index in [9.17, 15) is 0 Å². The number of nitrogens with zero attached hydrogens (tertiary/aromatic N) is 2. The molecule has 6 aromatic carbocycles. The van der Waals surface area contributed by atoms with E-state index in [0.717, 1.165) is 0 Å². The van der Waals surface area contributed by atoms with E-state index in [2.05, 4.69) is 228 Å². The molecule has 2 aromatic heterocycles. The first-order chi connectivity index (χ1) is 26.9. The van der Waals surface area contributed by atoms with Crippen molar-refractivity contribution in [1.29, 1.82) is 0 Å². The Morgan fingerprint density at radius 1 is 0.345 bits per heavy atom. The molecule has 0 unspecified atom stereocenters. The number of para-hydroxylation sites is 2. The average molecular weight is 765 g/mol. The molecule has 2 nitrogen and oxygen atoms in total. The molecule has 58 heavy (non-hydrogen) atoms. The Hall–Kier alpha value is -5.08. The summed E-state index contributed by atoms with van der Waals surface area (Å²) in [6.45, 7) is 35.3. The van der Waals surface area contributed by atoms with Crippen LogP contribution in [0.15, 0.2) is 115 Å². The SMILES string of the molecule is CC(C)(C)c1cc(-c2cccc3c2c2c(C(C)(C)C)c(-n4c5ccccc5c5ccccc54)ccc2n3-c2cc(C(C)(C)C)cc(C(C)(C)C)c2)cc(C(C)(C)C)c1. The van der Waals surface area contributed by atoms with E-state index in [-0.39, 0.29) is 27.1 Å². The van der Waals surface area contributed by atoms with E-state index in [0.29, 0.717) is 0 Å². The highest BCUT2D eigenvalue weighted by Crippen LogP contribution is 2.48. The van der Waals surface area contributed by atoms with Crippen LogP contribution >= 0.6 is 0 Å². The molecule has 0 aliphatic carbocycles. The highest BCUT2D eigenvalue weighted by molar-refractivity contribution is 6.19. The minimum atomic E-state index is -0.207. The zero-order chi connectivity index (χ0) is 41.9. The fraction of sp³-hybridized carbons (Fsp3) is 0.357. The van der Waals surface area contributed by atoms with Gasteiger partial charge in [0.2, 0.25) is 0 Å². The van der Waals surface area contributed by atoms with Crippen LogP contribution < -0.4 is 0 Å². The lowest BCUT2D eigenvalue weighted by molar-refractivity contribution is 0.567. The molecule has 0 amide bonds. The molecule has 0 atom stereocenters. The van der Waals surface area contributed by atoms with Crippen molar-refractivity contribution in [2.24, 2.45) is 0 Å². The summed E-state index contributed by atoms with van der Waals surface area (Å²) in [6, 6.07) is 44.4. The molecule has 2 heteroatoms. The Morgan fingerprint density at radius 2 is 0.776 bits per heavy atom. The van der Waals surface area contributed by atoms with E-state index < -0.39 is 0 Å². The topological polar surface area (TPSA) is 9.86 Å². The van der Waals surface area contributed by atoms with Crippen LogP contribution in [0.25, 0.3) is 66.1 Å². The normalized spacial score (nSPS) is 13.4. The first-order valence-electron chi connectivity index (χ1n) is 21.4. The summed E-state index contributed by atoms with van der Waals surface area (Å²) in [4.78, 5) is 0. The lowest BCUT2D eigenvalue weighted by atomic mass is 9.78. The number of fused-ring (bicyclic) bond motifs is 6. The zero-order valence-corrected chi connectivity index (χ0v) is 37.9. The van der Waals surface area contributed by atoms with Gasteiger partial charge in [-0.2, -0.15) is 0 Å². The summed E-state index contributed by atoms with van der Waals surface area (Å²) in [5, 5.41) is 5.20. The minimum Gasteiger partial charge on any atom is -0.309 e. The van der Waals surface area contributed by atoms with Gasteiger partial charge in [-0.15, -0.1) is 0 Å². The third-order valence-corrected chi connectivity index (χ3v) is 12.4. The lowest BCUT2D eigenvalue weighted by Crippen LogP contribution is -2.17. The van der Waals surface area contributed by atoms with Gasteiger partial charge in [-0.1, -0.05) is 177 Å². The molecule has 0 aliphatic rings. The van der Waals surface area contributed by atoms with Crippen LogP contribution in [-0.4, -0.2) is 9.13 Å². The van der Waals surface area contributed by atoms with Crippen LogP contribution in [0.4, 0.5) is 0 Å². The average Bonchev–Trinajstić information content (AvgIpc) is 3.65. The van der Waals surface area contributed by atoms with E-state index in [4.69, 9.17) is 0 Å². The molecule has 0 fully saturated rings. The van der Waals surface area contributed by atoms with Crippen molar-refractivity contribution in [1.82, 2.24) is 9.13 Å². The van der Waals surface area contributed by atoms with Crippen LogP contribution in [0.3, 0.4) is 0 Å². The molecule has 0 spiro atoms. The fourth-order valence-electron chi connectivity index (χ4n) is 9.04. The Morgan fingerprint density at radius 3 is 1.24 bits per heavy atom. The molecule has 0 aliphatic heterocycles. The maximum absolute atomic E-state index is 2.59. The van der Waals surface area contributed by atoms with Gasteiger partial charge in [-0.25, -0.2) is 0 Å². The predicted molar refractivity (Wildman–Crippen MR) is 254 cm³/mol. The van der Waals surface area contributed by atoms with E-state index >= 15 is 0 Å². The molecule has 0 bridgehead atoms. The Labute approximate surface area is 347 Å². The van der Waals surface area contributed by atoms with E-state index in [1.165, 1.54) is 93.9 Å². The van der Waals surface area contributed by atoms with Gasteiger partial charge < -0.3 is 9.13 Å². The zero-order valence-electron chi connectivity index (χ0n) is 37.9. The fourth-order valence-corrected chi connectivity index (χ4v) is 9.04. The van der Waals surface area contributed by atoms with Gasteiger partial charge >= 0.3 is 0 Å². The van der Waals surface area contributed by atoms with Gasteiger partial charge in [0.05, 0.1) is 27.8 Å². The molecule has 8 aromatic rings. The summed E-state index contributed by atoms with van der Waals surface area (Å²) >= 11 is 0. The number of hydrogen-bond acceptors (Lipinski definition) is 0. The van der Waals surface area contributed by atoms with Crippen molar-refractivity contribution in [3.05, 3.63) is 143 Å². The first-order valence-corrected chi connectivity index (χ1v) is 21.4. The van der Waals surface area contributed by atoms with Crippen LogP contribution in [0, 0.1) is 0 Å². The number of rotatable bonds is 3. The molecular formula is C56H64N2. The molecule has 2 heterocycles. The van der Waals surface area contributed by atoms with Crippen LogP contribution in [0.5, 0.6) is 0 Å². The number of benzene rings is 6. The largest absolute Gasteiger partial charge is 0.309 e. The molecule has 0 saturated carbocycles. The smallest absolute Gasteiger partial charge is 0.0547 e. The van der Waals surface area contributed by atoms with Crippen molar-refractivity contribution in [2.75, 3.05) is 0 Å². The van der Waals surface area contributed by atoms with Crippen molar-refractivity contribution in [3.8, 4) is 22.5 Å². The van der Waals surface area contributed by atoms with Crippen LogP contribution in [0.2, 0.25) is 0 Å². The standard InChI is InChI=1S/C56H64N2/c1-52(2,3)36-29-35(30-37(31-36)53(4,5)6)41-23-20-26-46-49(41)50-47(57(46)40-33-38(54(7,8)9)32-39(34-40)55(10,11)12)27-28-48(51(50)56(13,14)15)58-44-24-18-16-21-42(44)43-22-17-19-25-45(43)58/h16-34H,1-15H3. The number of hydrogen-bond donors (Lipinski definition) is 0. The second-order valence-corrected chi connectivity index (χ2v) is 22.1. The van der Waals surface area contributed by atoms with Gasteiger partial charge in [0, 0.05) is 27.2 Å². The third-order valence-electron chi connectivity index (χ3n) is 12.4. The second kappa shape index (κ2) is 13.2. The van der Waals surface area contributed by atoms with Gasteiger partial charge in [0.1, 0.15) is 0 Å². The third kappa shape index (κ3) is 6.67. The molecule has 298 valence electrons. The molecule has 0 saturated heterocycles. The van der Waals surface area contributed by atoms with Crippen molar-refractivity contribution >= 4 is 43.6 Å². The lowest BCUT2D eigenvalue weighted by Gasteiger charge is -2.27. The Bertz CT molecular complexity index is 2770. The monoisotopic (exact) mass is 765 g/mol. The molecular weight excluding hydrogens is 701 g/mol. The summed E-state index contributed by atoms with van der Waals surface area (Å²) in [6.07, 6.45) is 0. The maximum atomic E-state index is 2.59. The Balaban J connectivity index is 1.62. The predicted octanol–water partition coefficient (Wildman–Crippen LogP) is 16.0. The summed E-state index contributed by atoms with van der Waals surface area (Å²) in [5.74, 6) is 0. The Kier molecular flexibility index (Phi) is 9.05. The highest BCUT2D eigenvalue weighted by Gasteiger charge is 2.31. The highest BCUT2D eigenvalue weighted by atomic mass is 15.0. The molecule has 0 N–H and O–H groups in total. The quantitative estimate of drug-likeness (QED) is 0.170. The van der Waals surface area contributed by atoms with Gasteiger partial charge in [-0.3, -0.25) is 0 Å². The minimum absolute atomic E-state index is 0.00503. The molecule has 0 radical (unpaired) electrons. The maximum Gasteiger partial charge on any atom is 0.0547 e.